The van der Waals surface area contributed by atoms with Gasteiger partial charge in [0.15, 0.2) is 0 Å². The van der Waals surface area contributed by atoms with Crippen LogP contribution in [0, 0.1) is 9.31 Å². The smallest absolute Gasteiger partial charge is 0.0195 e. The predicted octanol–water partition coefficient (Wildman–Crippen LogP) is 1.58. The minimum absolute atomic E-state index is 1.86. The third-order valence-electron chi connectivity index (χ3n) is 0.0357. The van der Waals surface area contributed by atoms with Crippen LogP contribution in [0.25, 0.3) is 0 Å². The summed E-state index contributed by atoms with van der Waals surface area (Å²) in [7, 11) is 0. The lowest BCUT2D eigenvalue weighted by molar-refractivity contribution is 3.07. The molecule has 4 heavy (non-hydrogen) atoms. The topological polar surface area (TPSA) is 0 Å². The monoisotopic (exact) mass is 186 g/mol. The standard InChI is InChI=1S/C2ClI/c3-1-2-4. The van der Waals surface area contributed by atoms with E-state index in [9.17, 15) is 0 Å². The molecule has 22 valence electrons. The Morgan fingerprint density at radius 2 is 2.00 bits per heavy atom. The van der Waals surface area contributed by atoms with Crippen molar-refractivity contribution in [2.75, 3.05) is 0 Å². The van der Waals surface area contributed by atoms with Crippen LogP contribution < -0.4 is 0 Å². The molecule has 0 heterocycles. The maximum atomic E-state index is 4.82. The summed E-state index contributed by atoms with van der Waals surface area (Å²) in [6.45, 7) is 0. The third-order valence-corrected chi connectivity index (χ3v) is 0.719. The molecule has 0 saturated carbocycles. The summed E-state index contributed by atoms with van der Waals surface area (Å²) >= 11 is 6.68. The maximum absolute atomic E-state index is 4.82. The highest BCUT2D eigenvalue weighted by Gasteiger charge is 1.33. The van der Waals surface area contributed by atoms with Gasteiger partial charge in [0.25, 0.3) is 0 Å². The van der Waals surface area contributed by atoms with Gasteiger partial charge in [0.2, 0.25) is 0 Å². The van der Waals surface area contributed by atoms with Crippen molar-refractivity contribution in [3.63, 3.8) is 0 Å². The quantitative estimate of drug-likeness (QED) is 0.398. The van der Waals surface area contributed by atoms with Crippen LogP contribution in [0.3, 0.4) is 0 Å². The van der Waals surface area contributed by atoms with Crippen LogP contribution in [0.2, 0.25) is 0 Å². The predicted molar refractivity (Wildman–Crippen MR) is 27.6 cm³/mol. The first-order chi connectivity index (χ1) is 1.91. The molecule has 0 aliphatic rings. The fourth-order valence-electron chi connectivity index (χ4n) is 0. The van der Waals surface area contributed by atoms with Gasteiger partial charge < -0.3 is 0 Å². The van der Waals surface area contributed by atoms with Crippen LogP contribution in [-0.4, -0.2) is 0 Å². The second-order valence-corrected chi connectivity index (χ2v) is 0.917. The van der Waals surface area contributed by atoms with E-state index in [1.807, 2.05) is 22.6 Å². The molecule has 0 spiro atoms. The molecule has 0 nitrogen and oxygen atoms in total. The maximum Gasteiger partial charge on any atom is 0.0195 e. The Labute approximate surface area is 43.7 Å². The fourth-order valence-corrected chi connectivity index (χ4v) is 0. The molecule has 0 amide bonds. The van der Waals surface area contributed by atoms with E-state index < -0.39 is 0 Å². The molecule has 0 aromatic rings. The highest BCUT2D eigenvalue weighted by Crippen LogP contribution is 1.70. The van der Waals surface area contributed by atoms with Gasteiger partial charge in [0.05, 0.1) is 0 Å². The molecule has 0 N–H and O–H groups in total. The number of hydrogen-bond acceptors (Lipinski definition) is 0. The molecule has 0 bridgehead atoms. The van der Waals surface area contributed by atoms with Gasteiger partial charge in [-0.15, -0.1) is 0 Å². The zero-order valence-corrected chi connectivity index (χ0v) is 4.67. The summed E-state index contributed by atoms with van der Waals surface area (Å²) < 4.78 is 2.42. The van der Waals surface area contributed by atoms with E-state index >= 15 is 0 Å². The van der Waals surface area contributed by atoms with Crippen molar-refractivity contribution in [2.24, 2.45) is 0 Å². The largest absolute Gasteiger partial charge is 0.0221 e. The summed E-state index contributed by atoms with van der Waals surface area (Å²) in [5.74, 6) is 0. The number of hydrogen-bond donors (Lipinski definition) is 0. The molecule has 0 aromatic heterocycles. The van der Waals surface area contributed by atoms with Crippen LogP contribution in [-0.2, 0) is 0 Å². The van der Waals surface area contributed by atoms with E-state index in [1.165, 1.54) is 0 Å². The summed E-state index contributed by atoms with van der Waals surface area (Å²) in [5, 5.41) is 2.14. The SMILES string of the molecule is ClC#CI. The number of rotatable bonds is 0. The van der Waals surface area contributed by atoms with Gasteiger partial charge >= 0.3 is 0 Å². The first-order valence-electron chi connectivity index (χ1n) is 0.628. The highest BCUT2D eigenvalue weighted by atomic mass is 127. The lowest BCUT2D eigenvalue weighted by Gasteiger charge is -1.33. The lowest BCUT2D eigenvalue weighted by Crippen LogP contribution is -1.11. The van der Waals surface area contributed by atoms with Gasteiger partial charge in [-0.1, -0.05) is 0 Å². The molecule has 0 unspecified atom stereocenters. The molecule has 0 radical (unpaired) electrons. The highest BCUT2D eigenvalue weighted by molar-refractivity contribution is 14.1. The normalized spacial score (nSPS) is 3.50. The van der Waals surface area contributed by atoms with Crippen LogP contribution in [0.15, 0.2) is 0 Å². The van der Waals surface area contributed by atoms with Crippen molar-refractivity contribution in [2.45, 2.75) is 0 Å². The van der Waals surface area contributed by atoms with E-state index in [1.54, 1.807) is 0 Å². The molecular weight excluding hydrogens is 186 g/mol. The van der Waals surface area contributed by atoms with Gasteiger partial charge in [0.1, 0.15) is 0 Å². The zero-order chi connectivity index (χ0) is 3.41. The van der Waals surface area contributed by atoms with E-state index in [0.29, 0.717) is 0 Å². The van der Waals surface area contributed by atoms with Gasteiger partial charge in [0, 0.05) is 28.0 Å². The van der Waals surface area contributed by atoms with E-state index in [2.05, 4.69) is 9.31 Å². The molecule has 0 atom stereocenters. The third kappa shape index (κ3) is 2.58. The molecule has 0 rings (SSSR count). The zero-order valence-electron chi connectivity index (χ0n) is 1.76. The Morgan fingerprint density at radius 1 is 1.75 bits per heavy atom. The summed E-state index contributed by atoms with van der Waals surface area (Å²) in [4.78, 5) is 0. The molecule has 0 aliphatic carbocycles. The van der Waals surface area contributed by atoms with E-state index in [-0.39, 0.29) is 0 Å². The van der Waals surface area contributed by atoms with Crippen molar-refractivity contribution in [1.29, 1.82) is 0 Å². The van der Waals surface area contributed by atoms with E-state index in [4.69, 9.17) is 11.6 Å². The summed E-state index contributed by atoms with van der Waals surface area (Å²) in [6, 6.07) is 0. The molecule has 0 aromatic carbocycles. The summed E-state index contributed by atoms with van der Waals surface area (Å²) in [5.41, 5.74) is 0. The average molecular weight is 186 g/mol. The molecule has 0 fully saturated rings. The van der Waals surface area contributed by atoms with Crippen molar-refractivity contribution in [3.05, 3.63) is 0 Å². The van der Waals surface area contributed by atoms with Gasteiger partial charge in [-0.25, -0.2) is 0 Å². The van der Waals surface area contributed by atoms with Crippen LogP contribution in [0.1, 0.15) is 0 Å². The average Bonchev–Trinajstić information content (AvgIpc) is 1.37. The minimum Gasteiger partial charge on any atom is -0.0221 e. The Morgan fingerprint density at radius 3 is 2.00 bits per heavy atom. The van der Waals surface area contributed by atoms with Crippen molar-refractivity contribution in [1.82, 2.24) is 0 Å². The first-order valence-corrected chi connectivity index (χ1v) is 2.08. The van der Waals surface area contributed by atoms with Crippen LogP contribution in [0.4, 0.5) is 0 Å². The Bertz CT molecular complexity index is 42.8. The van der Waals surface area contributed by atoms with Crippen molar-refractivity contribution in [3.8, 4) is 9.31 Å². The van der Waals surface area contributed by atoms with Crippen molar-refractivity contribution < 1.29 is 0 Å². The van der Waals surface area contributed by atoms with Gasteiger partial charge in [-0.2, -0.15) is 0 Å². The van der Waals surface area contributed by atoms with Crippen LogP contribution in [0.5, 0.6) is 0 Å². The lowest BCUT2D eigenvalue weighted by atomic mass is 11.4. The molecule has 2 heteroatoms. The fraction of sp³-hybridized carbons (Fsp3) is 0. The molecular formula is C2ClI. The second-order valence-electron chi connectivity index (χ2n) is 0.189. The second kappa shape index (κ2) is 3.58. The Kier molecular flexibility index (Phi) is 4.10. The summed E-state index contributed by atoms with van der Waals surface area (Å²) in [6.07, 6.45) is 0. The van der Waals surface area contributed by atoms with E-state index in [0.717, 1.165) is 0 Å². The van der Waals surface area contributed by atoms with Crippen molar-refractivity contribution >= 4 is 34.2 Å². The van der Waals surface area contributed by atoms with Crippen LogP contribution >= 0.6 is 34.2 Å². The minimum atomic E-state index is 1.86. The van der Waals surface area contributed by atoms with Gasteiger partial charge in [-0.05, 0) is 15.5 Å². The first kappa shape index (κ1) is 4.58. The Hall–Kier alpha value is 0.580. The molecule has 0 saturated heterocycles. The molecule has 0 aliphatic heterocycles. The van der Waals surface area contributed by atoms with Gasteiger partial charge in [-0.3, -0.25) is 0 Å². The Balaban J connectivity index is 2.83. The number of halogens is 2.